The summed E-state index contributed by atoms with van der Waals surface area (Å²) < 4.78 is 0. The van der Waals surface area contributed by atoms with E-state index in [0.717, 1.165) is 30.3 Å². The number of piperidine rings is 1. The van der Waals surface area contributed by atoms with E-state index in [1.54, 1.807) is 0 Å². The standard InChI is InChI=1S/C14H18Cl2N2/c15-11-4-5-14(13(16)9-11)18-8-7-17-6-2-1-3-12(17)10-18/h4-5,9,12H,1-3,6-8,10H2. The highest BCUT2D eigenvalue weighted by atomic mass is 35.5. The fraction of sp³-hybridized carbons (Fsp3) is 0.571. The second kappa shape index (κ2) is 5.28. The lowest BCUT2D eigenvalue weighted by Crippen LogP contribution is -2.54. The molecule has 1 aromatic rings. The highest BCUT2D eigenvalue weighted by Crippen LogP contribution is 2.31. The molecule has 0 saturated carbocycles. The minimum atomic E-state index is 0.708. The molecule has 2 aliphatic heterocycles. The summed E-state index contributed by atoms with van der Waals surface area (Å²) in [4.78, 5) is 5.04. The Morgan fingerprint density at radius 3 is 2.78 bits per heavy atom. The van der Waals surface area contributed by atoms with Crippen molar-refractivity contribution >= 4 is 28.9 Å². The first kappa shape index (κ1) is 12.6. The van der Waals surface area contributed by atoms with E-state index in [1.165, 1.54) is 25.8 Å². The van der Waals surface area contributed by atoms with Crippen molar-refractivity contribution in [3.05, 3.63) is 28.2 Å². The summed E-state index contributed by atoms with van der Waals surface area (Å²) in [6.45, 7) is 4.59. The highest BCUT2D eigenvalue weighted by Gasteiger charge is 2.29. The number of halogens is 2. The molecule has 1 unspecified atom stereocenters. The van der Waals surface area contributed by atoms with Crippen molar-refractivity contribution in [2.75, 3.05) is 31.1 Å². The second-order valence-corrected chi connectivity index (χ2v) is 6.07. The third-order valence-electron chi connectivity index (χ3n) is 4.09. The first-order valence-corrected chi connectivity index (χ1v) is 7.44. The minimum Gasteiger partial charge on any atom is -0.367 e. The van der Waals surface area contributed by atoms with Crippen LogP contribution in [0.15, 0.2) is 18.2 Å². The number of hydrogen-bond donors (Lipinski definition) is 0. The van der Waals surface area contributed by atoms with Crippen LogP contribution >= 0.6 is 23.2 Å². The Hall–Kier alpha value is -0.440. The number of nitrogens with zero attached hydrogens (tertiary/aromatic N) is 2. The van der Waals surface area contributed by atoms with E-state index in [1.807, 2.05) is 18.2 Å². The van der Waals surface area contributed by atoms with Gasteiger partial charge in [-0.05, 0) is 37.6 Å². The van der Waals surface area contributed by atoms with Crippen molar-refractivity contribution in [1.29, 1.82) is 0 Å². The molecule has 3 rings (SSSR count). The van der Waals surface area contributed by atoms with Crippen molar-refractivity contribution in [3.63, 3.8) is 0 Å². The zero-order valence-electron chi connectivity index (χ0n) is 10.4. The molecule has 1 aromatic carbocycles. The monoisotopic (exact) mass is 284 g/mol. The maximum Gasteiger partial charge on any atom is 0.0654 e. The van der Waals surface area contributed by atoms with E-state index in [2.05, 4.69) is 9.80 Å². The fourth-order valence-electron chi connectivity index (χ4n) is 3.11. The van der Waals surface area contributed by atoms with E-state index in [-0.39, 0.29) is 0 Å². The SMILES string of the molecule is Clc1ccc(N2CCN3CCCCC3C2)c(Cl)c1. The van der Waals surface area contributed by atoms with Crippen LogP contribution in [0.3, 0.4) is 0 Å². The Morgan fingerprint density at radius 2 is 1.94 bits per heavy atom. The largest absolute Gasteiger partial charge is 0.367 e. The van der Waals surface area contributed by atoms with Crippen molar-refractivity contribution in [2.24, 2.45) is 0 Å². The van der Waals surface area contributed by atoms with Gasteiger partial charge in [-0.25, -0.2) is 0 Å². The van der Waals surface area contributed by atoms with Gasteiger partial charge >= 0.3 is 0 Å². The smallest absolute Gasteiger partial charge is 0.0654 e. The Kier molecular flexibility index (Phi) is 3.69. The number of benzene rings is 1. The van der Waals surface area contributed by atoms with Gasteiger partial charge in [-0.15, -0.1) is 0 Å². The number of fused-ring (bicyclic) bond motifs is 1. The van der Waals surface area contributed by atoms with Gasteiger partial charge in [0.15, 0.2) is 0 Å². The van der Waals surface area contributed by atoms with Crippen LogP contribution < -0.4 is 4.90 Å². The molecule has 2 heterocycles. The second-order valence-electron chi connectivity index (χ2n) is 5.23. The van der Waals surface area contributed by atoms with Crippen molar-refractivity contribution in [1.82, 2.24) is 4.90 Å². The summed E-state index contributed by atoms with van der Waals surface area (Å²) >= 11 is 12.3. The molecule has 2 nitrogen and oxygen atoms in total. The number of piperazine rings is 1. The summed E-state index contributed by atoms with van der Waals surface area (Å²) in [7, 11) is 0. The number of hydrogen-bond acceptors (Lipinski definition) is 2. The van der Waals surface area contributed by atoms with Crippen LogP contribution in [0.5, 0.6) is 0 Å². The Labute approximate surface area is 118 Å². The molecule has 0 aliphatic carbocycles. The van der Waals surface area contributed by atoms with E-state index in [0.29, 0.717) is 11.1 Å². The predicted molar refractivity (Wildman–Crippen MR) is 77.9 cm³/mol. The normalized spacial score (nSPS) is 25.0. The molecule has 98 valence electrons. The molecule has 2 saturated heterocycles. The lowest BCUT2D eigenvalue weighted by molar-refractivity contribution is 0.133. The number of rotatable bonds is 1. The molecule has 0 amide bonds. The molecular weight excluding hydrogens is 267 g/mol. The molecule has 1 atom stereocenters. The molecule has 0 aromatic heterocycles. The zero-order valence-corrected chi connectivity index (χ0v) is 11.9. The van der Waals surface area contributed by atoms with E-state index >= 15 is 0 Å². The van der Waals surface area contributed by atoms with Crippen molar-refractivity contribution in [2.45, 2.75) is 25.3 Å². The van der Waals surface area contributed by atoms with Gasteiger partial charge in [-0.2, -0.15) is 0 Å². The highest BCUT2D eigenvalue weighted by molar-refractivity contribution is 6.36. The lowest BCUT2D eigenvalue weighted by atomic mass is 9.99. The van der Waals surface area contributed by atoms with Gasteiger partial charge in [0.05, 0.1) is 10.7 Å². The summed E-state index contributed by atoms with van der Waals surface area (Å²) in [5.74, 6) is 0. The zero-order chi connectivity index (χ0) is 12.5. The van der Waals surface area contributed by atoms with Crippen LogP contribution in [0.25, 0.3) is 0 Å². The molecule has 18 heavy (non-hydrogen) atoms. The first-order chi connectivity index (χ1) is 8.74. The molecule has 2 fully saturated rings. The molecular formula is C14H18Cl2N2. The molecule has 0 bridgehead atoms. The summed E-state index contributed by atoms with van der Waals surface area (Å²) in [6, 6.07) is 6.52. The van der Waals surface area contributed by atoms with E-state index in [4.69, 9.17) is 23.2 Å². The molecule has 0 radical (unpaired) electrons. The fourth-order valence-corrected chi connectivity index (χ4v) is 3.64. The minimum absolute atomic E-state index is 0.708. The van der Waals surface area contributed by atoms with Gasteiger partial charge in [-0.1, -0.05) is 29.6 Å². The van der Waals surface area contributed by atoms with Crippen molar-refractivity contribution < 1.29 is 0 Å². The van der Waals surface area contributed by atoms with Crippen LogP contribution in [0, 0.1) is 0 Å². The summed E-state index contributed by atoms with van der Waals surface area (Å²) in [5, 5.41) is 1.48. The maximum atomic E-state index is 6.30. The van der Waals surface area contributed by atoms with Crippen LogP contribution in [-0.4, -0.2) is 37.1 Å². The van der Waals surface area contributed by atoms with E-state index in [9.17, 15) is 0 Å². The molecule has 0 spiro atoms. The third-order valence-corrected chi connectivity index (χ3v) is 4.63. The molecule has 0 N–H and O–H groups in total. The van der Waals surface area contributed by atoms with Crippen LogP contribution in [0.2, 0.25) is 10.0 Å². The predicted octanol–water partition coefficient (Wildman–Crippen LogP) is 3.67. The number of anilines is 1. The Balaban J connectivity index is 1.77. The molecule has 4 heteroatoms. The average molecular weight is 285 g/mol. The van der Waals surface area contributed by atoms with Gasteiger partial charge < -0.3 is 4.90 Å². The maximum absolute atomic E-state index is 6.30. The Bertz CT molecular complexity index is 436. The summed E-state index contributed by atoms with van der Waals surface area (Å²) in [6.07, 6.45) is 4.04. The Morgan fingerprint density at radius 1 is 1.06 bits per heavy atom. The van der Waals surface area contributed by atoms with Crippen LogP contribution in [0.1, 0.15) is 19.3 Å². The van der Waals surface area contributed by atoms with Gasteiger partial charge in [0.25, 0.3) is 0 Å². The average Bonchev–Trinajstić information content (AvgIpc) is 2.38. The summed E-state index contributed by atoms with van der Waals surface area (Å²) in [5.41, 5.74) is 1.13. The van der Waals surface area contributed by atoms with Gasteiger partial charge in [0.2, 0.25) is 0 Å². The van der Waals surface area contributed by atoms with Crippen molar-refractivity contribution in [3.8, 4) is 0 Å². The van der Waals surface area contributed by atoms with Crippen LogP contribution in [0.4, 0.5) is 5.69 Å². The van der Waals surface area contributed by atoms with Gasteiger partial charge in [0, 0.05) is 30.7 Å². The quantitative estimate of drug-likeness (QED) is 0.777. The lowest BCUT2D eigenvalue weighted by Gasteiger charge is -2.45. The topological polar surface area (TPSA) is 6.48 Å². The van der Waals surface area contributed by atoms with E-state index < -0.39 is 0 Å². The third kappa shape index (κ3) is 2.47. The van der Waals surface area contributed by atoms with Crippen LogP contribution in [-0.2, 0) is 0 Å². The first-order valence-electron chi connectivity index (χ1n) is 6.68. The van der Waals surface area contributed by atoms with Gasteiger partial charge in [-0.3, -0.25) is 4.90 Å². The van der Waals surface area contributed by atoms with Gasteiger partial charge in [0.1, 0.15) is 0 Å². The molecule has 2 aliphatic rings.